The Bertz CT molecular complexity index is 527. The third-order valence-electron chi connectivity index (χ3n) is 4.86. The van der Waals surface area contributed by atoms with Gasteiger partial charge in [0.25, 0.3) is 0 Å². The molecule has 5 heteroatoms. The minimum atomic E-state index is 0.103. The van der Waals surface area contributed by atoms with E-state index in [0.717, 1.165) is 51.1 Å². The lowest BCUT2D eigenvalue weighted by molar-refractivity contribution is -0.122. The van der Waals surface area contributed by atoms with E-state index in [-0.39, 0.29) is 5.91 Å². The van der Waals surface area contributed by atoms with E-state index >= 15 is 0 Å². The number of rotatable bonds is 4. The van der Waals surface area contributed by atoms with Gasteiger partial charge in [-0.2, -0.15) is 0 Å². The van der Waals surface area contributed by atoms with Crippen molar-refractivity contribution in [2.75, 3.05) is 33.3 Å². The molecule has 1 fully saturated rings. The summed E-state index contributed by atoms with van der Waals surface area (Å²) >= 11 is 0. The largest absolute Gasteiger partial charge is 0.493 e. The molecular weight excluding hydrogens is 290 g/mol. The molecule has 2 N–H and O–H groups in total. The first-order valence-electron chi connectivity index (χ1n) is 8.67. The zero-order valence-electron chi connectivity index (χ0n) is 13.9. The van der Waals surface area contributed by atoms with Gasteiger partial charge in [0.15, 0.2) is 0 Å². The van der Waals surface area contributed by atoms with Gasteiger partial charge < -0.3 is 15.4 Å². The molecule has 2 heterocycles. The summed E-state index contributed by atoms with van der Waals surface area (Å²) in [7, 11) is 1.70. The molecule has 5 nitrogen and oxygen atoms in total. The quantitative estimate of drug-likeness (QED) is 0.887. The summed E-state index contributed by atoms with van der Waals surface area (Å²) in [5.74, 6) is 1.13. The molecule has 1 aromatic rings. The Labute approximate surface area is 138 Å². The fourth-order valence-corrected chi connectivity index (χ4v) is 3.52. The molecule has 1 atom stereocenters. The van der Waals surface area contributed by atoms with Crippen molar-refractivity contribution in [3.05, 3.63) is 29.8 Å². The molecule has 1 amide bonds. The first-order chi connectivity index (χ1) is 11.3. The van der Waals surface area contributed by atoms with Crippen molar-refractivity contribution in [1.29, 1.82) is 0 Å². The smallest absolute Gasteiger partial charge is 0.233 e. The predicted molar refractivity (Wildman–Crippen MR) is 90.6 cm³/mol. The lowest BCUT2D eigenvalue weighted by Gasteiger charge is -2.34. The third-order valence-corrected chi connectivity index (χ3v) is 4.86. The van der Waals surface area contributed by atoms with Crippen LogP contribution in [0.15, 0.2) is 24.3 Å². The standard InChI is InChI=1S/C18H27N3O2/c1-19-18(22)13-21-10-8-14(9-11-21)20-16-6-4-12-23-17-7-3-2-5-15(16)17/h2-3,5,7,14,16,20H,4,6,8-13H2,1H3,(H,19,22). The number of para-hydroxylation sites is 1. The number of hydrogen-bond donors (Lipinski definition) is 2. The van der Waals surface area contributed by atoms with Gasteiger partial charge in [0.1, 0.15) is 5.75 Å². The van der Waals surface area contributed by atoms with Crippen LogP contribution in [0.5, 0.6) is 5.75 Å². The number of hydrogen-bond acceptors (Lipinski definition) is 4. The van der Waals surface area contributed by atoms with Crippen LogP contribution >= 0.6 is 0 Å². The van der Waals surface area contributed by atoms with Gasteiger partial charge in [-0.15, -0.1) is 0 Å². The molecule has 0 spiro atoms. The number of piperidine rings is 1. The van der Waals surface area contributed by atoms with Gasteiger partial charge in [0.05, 0.1) is 13.2 Å². The molecule has 126 valence electrons. The second kappa shape index (κ2) is 7.79. The van der Waals surface area contributed by atoms with Gasteiger partial charge in [0, 0.05) is 37.8 Å². The SMILES string of the molecule is CNC(=O)CN1CCC(NC2CCCOc3ccccc32)CC1. The third kappa shape index (κ3) is 4.24. The normalized spacial score (nSPS) is 22.7. The number of ether oxygens (including phenoxy) is 1. The van der Waals surface area contributed by atoms with Gasteiger partial charge in [-0.3, -0.25) is 9.69 Å². The Hall–Kier alpha value is -1.59. The Kier molecular flexibility index (Phi) is 5.51. The van der Waals surface area contributed by atoms with Crippen molar-refractivity contribution in [2.24, 2.45) is 0 Å². The zero-order valence-corrected chi connectivity index (χ0v) is 13.9. The van der Waals surface area contributed by atoms with Gasteiger partial charge in [-0.25, -0.2) is 0 Å². The van der Waals surface area contributed by atoms with Gasteiger partial charge in [-0.1, -0.05) is 18.2 Å². The predicted octanol–water partition coefficient (Wildman–Crippen LogP) is 1.70. The highest BCUT2D eigenvalue weighted by Crippen LogP contribution is 2.32. The van der Waals surface area contributed by atoms with Crippen LogP contribution in [0.4, 0.5) is 0 Å². The number of nitrogens with zero attached hydrogens (tertiary/aromatic N) is 1. The van der Waals surface area contributed by atoms with Gasteiger partial charge in [-0.05, 0) is 31.7 Å². The molecule has 0 saturated carbocycles. The summed E-state index contributed by atoms with van der Waals surface area (Å²) in [5, 5.41) is 6.53. The monoisotopic (exact) mass is 317 g/mol. The van der Waals surface area contributed by atoms with E-state index in [1.165, 1.54) is 5.56 Å². The van der Waals surface area contributed by atoms with E-state index in [4.69, 9.17) is 4.74 Å². The average molecular weight is 317 g/mol. The van der Waals surface area contributed by atoms with Crippen molar-refractivity contribution in [1.82, 2.24) is 15.5 Å². The number of fused-ring (bicyclic) bond motifs is 1. The van der Waals surface area contributed by atoms with Crippen LogP contribution in [0.2, 0.25) is 0 Å². The van der Waals surface area contributed by atoms with E-state index in [2.05, 4.69) is 33.7 Å². The zero-order chi connectivity index (χ0) is 16.1. The van der Waals surface area contributed by atoms with Crippen molar-refractivity contribution in [3.63, 3.8) is 0 Å². The first-order valence-corrected chi connectivity index (χ1v) is 8.67. The molecule has 2 aliphatic heterocycles. The maximum atomic E-state index is 11.5. The summed E-state index contributed by atoms with van der Waals surface area (Å²) in [5.41, 5.74) is 1.29. The molecule has 3 rings (SSSR count). The maximum Gasteiger partial charge on any atom is 0.233 e. The van der Waals surface area contributed by atoms with E-state index in [1.807, 2.05) is 6.07 Å². The average Bonchev–Trinajstić information content (AvgIpc) is 2.79. The van der Waals surface area contributed by atoms with Crippen LogP contribution in [0.3, 0.4) is 0 Å². The number of likely N-dealkylation sites (N-methyl/N-ethyl adjacent to an activating group) is 1. The fraction of sp³-hybridized carbons (Fsp3) is 0.611. The van der Waals surface area contributed by atoms with E-state index < -0.39 is 0 Å². The summed E-state index contributed by atoms with van der Waals surface area (Å²) in [6, 6.07) is 9.28. The summed E-state index contributed by atoms with van der Waals surface area (Å²) < 4.78 is 5.85. The van der Waals surface area contributed by atoms with Gasteiger partial charge in [0.2, 0.25) is 5.91 Å². The summed E-state index contributed by atoms with van der Waals surface area (Å²) in [4.78, 5) is 13.7. The van der Waals surface area contributed by atoms with Crippen molar-refractivity contribution >= 4 is 5.91 Å². The number of benzene rings is 1. The maximum absolute atomic E-state index is 11.5. The number of likely N-dealkylation sites (tertiary alicyclic amines) is 1. The molecule has 0 aromatic heterocycles. The highest BCUT2D eigenvalue weighted by Gasteiger charge is 2.25. The van der Waals surface area contributed by atoms with Crippen molar-refractivity contribution in [3.8, 4) is 5.75 Å². The topological polar surface area (TPSA) is 53.6 Å². The van der Waals surface area contributed by atoms with Crippen molar-refractivity contribution in [2.45, 2.75) is 37.8 Å². The van der Waals surface area contributed by atoms with E-state index in [0.29, 0.717) is 18.6 Å². The molecular formula is C18H27N3O2. The van der Waals surface area contributed by atoms with Crippen molar-refractivity contribution < 1.29 is 9.53 Å². The van der Waals surface area contributed by atoms with E-state index in [9.17, 15) is 4.79 Å². The minimum Gasteiger partial charge on any atom is -0.493 e. The molecule has 23 heavy (non-hydrogen) atoms. The number of carbonyl (C=O) groups is 1. The number of carbonyl (C=O) groups excluding carboxylic acids is 1. The Morgan fingerprint density at radius 2 is 2.04 bits per heavy atom. The molecule has 1 unspecified atom stereocenters. The molecule has 1 aromatic carbocycles. The molecule has 2 aliphatic rings. The van der Waals surface area contributed by atoms with Crippen LogP contribution in [0, 0.1) is 0 Å². The Morgan fingerprint density at radius 1 is 1.26 bits per heavy atom. The molecule has 0 bridgehead atoms. The highest BCUT2D eigenvalue weighted by molar-refractivity contribution is 5.77. The van der Waals surface area contributed by atoms with E-state index in [1.54, 1.807) is 7.05 Å². The van der Waals surface area contributed by atoms with Crippen LogP contribution in [-0.2, 0) is 4.79 Å². The highest BCUT2D eigenvalue weighted by atomic mass is 16.5. The number of nitrogens with one attached hydrogen (secondary N) is 2. The van der Waals surface area contributed by atoms with Crippen LogP contribution in [0.25, 0.3) is 0 Å². The van der Waals surface area contributed by atoms with Crippen LogP contribution in [0.1, 0.15) is 37.3 Å². The second-order valence-electron chi connectivity index (χ2n) is 6.47. The lowest BCUT2D eigenvalue weighted by atomic mass is 9.98. The Morgan fingerprint density at radius 3 is 2.83 bits per heavy atom. The lowest BCUT2D eigenvalue weighted by Crippen LogP contribution is -2.46. The molecule has 0 aliphatic carbocycles. The second-order valence-corrected chi connectivity index (χ2v) is 6.47. The Balaban J connectivity index is 1.55. The minimum absolute atomic E-state index is 0.103. The fourth-order valence-electron chi connectivity index (χ4n) is 3.52. The van der Waals surface area contributed by atoms with Gasteiger partial charge >= 0.3 is 0 Å². The molecule has 1 saturated heterocycles. The summed E-state index contributed by atoms with van der Waals surface area (Å²) in [6.45, 7) is 3.29. The first kappa shape index (κ1) is 16.3. The molecule has 0 radical (unpaired) electrons. The summed E-state index contributed by atoms with van der Waals surface area (Å²) in [6.07, 6.45) is 4.39. The number of amides is 1. The van der Waals surface area contributed by atoms with Crippen LogP contribution < -0.4 is 15.4 Å². The van der Waals surface area contributed by atoms with Crippen LogP contribution in [-0.4, -0.2) is 50.1 Å².